The van der Waals surface area contributed by atoms with E-state index >= 15 is 0 Å². The van der Waals surface area contributed by atoms with Gasteiger partial charge in [-0.15, -0.1) is 0 Å². The molecular formula is C34H35NO6. The van der Waals surface area contributed by atoms with Crippen LogP contribution in [0.25, 0.3) is 0 Å². The van der Waals surface area contributed by atoms with E-state index < -0.39 is 11.9 Å². The van der Waals surface area contributed by atoms with Crippen LogP contribution in [0.4, 0.5) is 0 Å². The molecule has 3 aromatic rings. The summed E-state index contributed by atoms with van der Waals surface area (Å²) < 4.78 is 22.5. The largest absolute Gasteiger partial charge is 0.493 e. The van der Waals surface area contributed by atoms with E-state index in [1.54, 1.807) is 21.1 Å². The van der Waals surface area contributed by atoms with Crippen molar-refractivity contribution in [2.45, 2.75) is 45.1 Å². The maximum Gasteiger partial charge on any atom is 0.336 e. The topological polar surface area (TPSA) is 83.1 Å². The Morgan fingerprint density at radius 1 is 0.902 bits per heavy atom. The van der Waals surface area contributed by atoms with Crippen molar-refractivity contribution in [2.24, 2.45) is 0 Å². The molecule has 0 amide bonds. The molecule has 2 aliphatic rings. The summed E-state index contributed by atoms with van der Waals surface area (Å²) in [4.78, 5) is 27.2. The predicted molar refractivity (Wildman–Crippen MR) is 156 cm³/mol. The zero-order valence-electron chi connectivity index (χ0n) is 23.9. The molecule has 212 valence electrons. The third kappa shape index (κ3) is 5.85. The lowest BCUT2D eigenvalue weighted by Gasteiger charge is -2.36. The molecule has 0 spiro atoms. The average Bonchev–Trinajstić information content (AvgIpc) is 2.99. The van der Waals surface area contributed by atoms with Crippen molar-refractivity contribution in [3.8, 4) is 17.2 Å². The number of esters is 1. The van der Waals surface area contributed by atoms with Crippen molar-refractivity contribution in [2.75, 3.05) is 20.8 Å². The molecular weight excluding hydrogens is 518 g/mol. The first-order valence-corrected chi connectivity index (χ1v) is 13.8. The third-order valence-electron chi connectivity index (χ3n) is 7.64. The van der Waals surface area contributed by atoms with E-state index in [2.05, 4.69) is 5.32 Å². The SMILES string of the molecule is CCOC(=O)C1=C(C)NC2=C(C(=O)C[C@H](c3ccc(OC)c(OC)c3)C2)[C@H]1c1cccc(OCc2ccccc2)c1. The number of hydrogen-bond acceptors (Lipinski definition) is 7. The maximum atomic E-state index is 13.9. The number of methoxy groups -OCH3 is 2. The highest BCUT2D eigenvalue weighted by Crippen LogP contribution is 2.47. The van der Waals surface area contributed by atoms with Crippen LogP contribution < -0.4 is 19.5 Å². The number of hydrogen-bond donors (Lipinski definition) is 1. The minimum Gasteiger partial charge on any atom is -0.493 e. The monoisotopic (exact) mass is 553 g/mol. The van der Waals surface area contributed by atoms with Crippen molar-refractivity contribution in [1.29, 1.82) is 0 Å². The summed E-state index contributed by atoms with van der Waals surface area (Å²) in [5.41, 5.74) is 5.42. The number of rotatable bonds is 9. The Morgan fingerprint density at radius 3 is 2.41 bits per heavy atom. The first-order chi connectivity index (χ1) is 19.9. The van der Waals surface area contributed by atoms with Crippen LogP contribution in [0.1, 0.15) is 55.2 Å². The Morgan fingerprint density at radius 2 is 1.68 bits per heavy atom. The smallest absolute Gasteiger partial charge is 0.336 e. The van der Waals surface area contributed by atoms with E-state index in [-0.39, 0.29) is 18.3 Å². The van der Waals surface area contributed by atoms with Crippen molar-refractivity contribution in [3.05, 3.63) is 112 Å². The van der Waals surface area contributed by atoms with E-state index in [0.717, 1.165) is 22.4 Å². The summed E-state index contributed by atoms with van der Waals surface area (Å²) >= 11 is 0. The van der Waals surface area contributed by atoms with Gasteiger partial charge in [0.2, 0.25) is 0 Å². The number of Topliss-reactive ketones (excluding diaryl/α,β-unsaturated/α-hetero) is 1. The molecule has 0 unspecified atom stereocenters. The van der Waals surface area contributed by atoms with Gasteiger partial charge in [-0.3, -0.25) is 4.79 Å². The standard InChI is InChI=1S/C34H35NO6/c1-5-40-34(37)31-21(2)35-27-17-25(23-14-15-29(38-3)30(19-23)39-4)18-28(36)33(27)32(31)24-12-9-13-26(16-24)41-20-22-10-7-6-8-11-22/h6-16,19,25,32,35H,5,17-18,20H2,1-4H3/t25-,32+/m1/s1. The second-order valence-corrected chi connectivity index (χ2v) is 10.2. The van der Waals surface area contributed by atoms with Gasteiger partial charge in [-0.2, -0.15) is 0 Å². The third-order valence-corrected chi connectivity index (χ3v) is 7.64. The molecule has 41 heavy (non-hydrogen) atoms. The van der Waals surface area contributed by atoms with Gasteiger partial charge in [0.15, 0.2) is 17.3 Å². The molecule has 1 aliphatic carbocycles. The van der Waals surface area contributed by atoms with Crippen molar-refractivity contribution >= 4 is 11.8 Å². The first kappa shape index (κ1) is 28.0. The molecule has 0 saturated carbocycles. The highest BCUT2D eigenvalue weighted by Gasteiger charge is 2.41. The molecule has 7 heteroatoms. The number of benzene rings is 3. The Hall–Kier alpha value is -4.52. The van der Waals surface area contributed by atoms with Crippen LogP contribution in [0.5, 0.6) is 17.2 Å². The zero-order valence-corrected chi connectivity index (χ0v) is 23.9. The molecule has 1 heterocycles. The number of dihydropyridines is 1. The normalized spacial score (nSPS) is 18.4. The molecule has 5 rings (SSSR count). The zero-order chi connectivity index (χ0) is 28.9. The summed E-state index contributed by atoms with van der Waals surface area (Å²) in [6.45, 7) is 4.30. The molecule has 1 N–H and O–H groups in total. The fourth-order valence-electron chi connectivity index (χ4n) is 5.72. The summed E-state index contributed by atoms with van der Waals surface area (Å²) in [6.07, 6.45) is 0.927. The van der Waals surface area contributed by atoms with Crippen molar-refractivity contribution in [3.63, 3.8) is 0 Å². The van der Waals surface area contributed by atoms with Crippen LogP contribution in [-0.4, -0.2) is 32.6 Å². The van der Waals surface area contributed by atoms with Gasteiger partial charge in [0.1, 0.15) is 12.4 Å². The molecule has 0 saturated heterocycles. The molecule has 2 atom stereocenters. The highest BCUT2D eigenvalue weighted by atomic mass is 16.5. The lowest BCUT2D eigenvalue weighted by Crippen LogP contribution is -2.36. The lowest BCUT2D eigenvalue weighted by molar-refractivity contribution is -0.138. The first-order valence-electron chi connectivity index (χ1n) is 13.8. The molecule has 1 aliphatic heterocycles. The van der Waals surface area contributed by atoms with Crippen molar-refractivity contribution < 1.29 is 28.5 Å². The van der Waals surface area contributed by atoms with Crippen LogP contribution in [-0.2, 0) is 20.9 Å². The number of ketones is 1. The second-order valence-electron chi connectivity index (χ2n) is 10.2. The quantitative estimate of drug-likeness (QED) is 0.316. The van der Waals surface area contributed by atoms with Crippen LogP contribution in [0.15, 0.2) is 95.3 Å². The molecule has 0 fully saturated rings. The summed E-state index contributed by atoms with van der Waals surface area (Å²) in [5.74, 6) is 0.879. The van der Waals surface area contributed by atoms with Gasteiger partial charge in [-0.25, -0.2) is 4.79 Å². The Kier molecular flexibility index (Phi) is 8.43. The van der Waals surface area contributed by atoms with Gasteiger partial charge < -0.3 is 24.3 Å². The number of carbonyl (C=O) groups excluding carboxylic acids is 2. The lowest BCUT2D eigenvalue weighted by atomic mass is 9.71. The van der Waals surface area contributed by atoms with E-state index in [1.807, 2.05) is 79.7 Å². The summed E-state index contributed by atoms with van der Waals surface area (Å²) in [5, 5.41) is 3.40. The van der Waals surface area contributed by atoms with E-state index in [0.29, 0.717) is 53.5 Å². The predicted octanol–water partition coefficient (Wildman–Crippen LogP) is 6.21. The summed E-state index contributed by atoms with van der Waals surface area (Å²) in [7, 11) is 3.20. The number of nitrogens with one attached hydrogen (secondary N) is 1. The molecule has 7 nitrogen and oxygen atoms in total. The number of ether oxygens (including phenoxy) is 4. The second kappa shape index (κ2) is 12.3. The fraction of sp³-hybridized carbons (Fsp3) is 0.294. The highest BCUT2D eigenvalue weighted by molar-refractivity contribution is 6.04. The average molecular weight is 554 g/mol. The van der Waals surface area contributed by atoms with Crippen LogP contribution >= 0.6 is 0 Å². The molecule has 0 bridgehead atoms. The Balaban J connectivity index is 1.51. The van der Waals surface area contributed by atoms with Crippen LogP contribution in [0, 0.1) is 0 Å². The number of carbonyl (C=O) groups is 2. The Bertz CT molecular complexity index is 1510. The van der Waals surface area contributed by atoms with E-state index in [9.17, 15) is 9.59 Å². The van der Waals surface area contributed by atoms with Gasteiger partial charge in [-0.1, -0.05) is 48.5 Å². The fourth-order valence-corrected chi connectivity index (χ4v) is 5.72. The summed E-state index contributed by atoms with van der Waals surface area (Å²) in [6, 6.07) is 23.4. The van der Waals surface area contributed by atoms with Crippen LogP contribution in [0.3, 0.4) is 0 Å². The van der Waals surface area contributed by atoms with Crippen LogP contribution in [0.2, 0.25) is 0 Å². The number of allylic oxidation sites excluding steroid dienone is 3. The van der Waals surface area contributed by atoms with Gasteiger partial charge in [0.25, 0.3) is 0 Å². The molecule has 0 aromatic heterocycles. The molecule has 0 radical (unpaired) electrons. The van der Waals surface area contributed by atoms with E-state index in [4.69, 9.17) is 18.9 Å². The maximum absolute atomic E-state index is 13.9. The van der Waals surface area contributed by atoms with Gasteiger partial charge in [0.05, 0.1) is 26.4 Å². The van der Waals surface area contributed by atoms with E-state index in [1.165, 1.54) is 0 Å². The minimum absolute atomic E-state index is 0.00607. The van der Waals surface area contributed by atoms with Crippen molar-refractivity contribution in [1.82, 2.24) is 5.32 Å². The minimum atomic E-state index is -0.565. The van der Waals surface area contributed by atoms with Gasteiger partial charge in [0, 0.05) is 29.3 Å². The van der Waals surface area contributed by atoms with Gasteiger partial charge >= 0.3 is 5.97 Å². The van der Waals surface area contributed by atoms with Gasteiger partial charge in [-0.05, 0) is 67.1 Å². The molecule has 3 aromatic carbocycles. The Labute approximate surface area is 240 Å².